The Balaban J connectivity index is 1.91. The van der Waals surface area contributed by atoms with Gasteiger partial charge >= 0.3 is 0 Å². The summed E-state index contributed by atoms with van der Waals surface area (Å²) in [5.74, 6) is 0.706. The smallest absolute Gasteiger partial charge is 0.221 e. The van der Waals surface area contributed by atoms with Crippen LogP contribution in [0.5, 0.6) is 5.88 Å². The fourth-order valence-corrected chi connectivity index (χ4v) is 2.86. The van der Waals surface area contributed by atoms with Crippen molar-refractivity contribution in [1.82, 2.24) is 4.98 Å². The number of aromatic nitrogens is 1. The third kappa shape index (κ3) is 3.33. The highest BCUT2D eigenvalue weighted by Gasteiger charge is 2.17. The summed E-state index contributed by atoms with van der Waals surface area (Å²) in [6.45, 7) is 7.71. The summed E-state index contributed by atoms with van der Waals surface area (Å²) in [6.07, 6.45) is 2.40. The maximum atomic E-state index is 5.98. The predicted octanol–water partition coefficient (Wildman–Crippen LogP) is 3.92. The zero-order chi connectivity index (χ0) is 15.5. The molecule has 1 aliphatic rings. The molecule has 1 unspecified atom stereocenters. The van der Waals surface area contributed by atoms with Crippen molar-refractivity contribution in [1.29, 1.82) is 0 Å². The molecule has 1 saturated heterocycles. The number of aryl methyl sites for hydroxylation is 1. The molecule has 2 aromatic rings. The van der Waals surface area contributed by atoms with Crippen molar-refractivity contribution in [3.8, 4) is 5.88 Å². The van der Waals surface area contributed by atoms with Gasteiger partial charge in [0.1, 0.15) is 6.61 Å². The van der Waals surface area contributed by atoms with Crippen LogP contribution in [-0.2, 0) is 4.74 Å². The lowest BCUT2D eigenvalue weighted by Gasteiger charge is -2.16. The number of rotatable bonds is 5. The van der Waals surface area contributed by atoms with Crippen LogP contribution in [0.15, 0.2) is 24.3 Å². The van der Waals surface area contributed by atoms with Gasteiger partial charge in [0.15, 0.2) is 0 Å². The van der Waals surface area contributed by atoms with E-state index < -0.39 is 0 Å². The van der Waals surface area contributed by atoms with E-state index in [1.54, 1.807) is 0 Å². The molecule has 118 valence electrons. The highest BCUT2D eigenvalue weighted by atomic mass is 16.5. The topological polar surface area (TPSA) is 43.4 Å². The van der Waals surface area contributed by atoms with Crippen molar-refractivity contribution in [2.75, 3.05) is 18.5 Å². The van der Waals surface area contributed by atoms with Crippen LogP contribution >= 0.6 is 0 Å². The van der Waals surface area contributed by atoms with Gasteiger partial charge in [-0.3, -0.25) is 0 Å². The van der Waals surface area contributed by atoms with Gasteiger partial charge < -0.3 is 14.8 Å². The molecule has 1 aromatic heterocycles. The highest BCUT2D eigenvalue weighted by Crippen LogP contribution is 2.31. The lowest BCUT2D eigenvalue weighted by atomic mass is 10.1. The van der Waals surface area contributed by atoms with E-state index in [-0.39, 0.29) is 6.10 Å². The molecule has 1 aromatic carbocycles. The van der Waals surface area contributed by atoms with Gasteiger partial charge in [-0.15, -0.1) is 0 Å². The first kappa shape index (κ1) is 15.1. The second-order valence-corrected chi connectivity index (χ2v) is 6.21. The summed E-state index contributed by atoms with van der Waals surface area (Å²) in [6, 6.07) is 8.71. The first-order chi connectivity index (χ1) is 10.6. The second kappa shape index (κ2) is 6.53. The minimum absolute atomic E-state index is 0.203. The first-order valence-electron chi connectivity index (χ1n) is 8.05. The first-order valence-corrected chi connectivity index (χ1v) is 8.05. The standard InChI is InChI=1S/C18H24N2O2/c1-12(2)19-17-8-4-7-15-16(17)10-13(3)20-18(15)22-11-14-6-5-9-21-14/h4,7-8,10,12,14,19H,5-6,9,11H2,1-3H3. The lowest BCUT2D eigenvalue weighted by Crippen LogP contribution is -2.17. The van der Waals surface area contributed by atoms with Crippen LogP contribution in [0.25, 0.3) is 10.8 Å². The van der Waals surface area contributed by atoms with Crippen LogP contribution in [0.2, 0.25) is 0 Å². The van der Waals surface area contributed by atoms with E-state index in [0.717, 1.165) is 41.6 Å². The van der Waals surface area contributed by atoms with E-state index >= 15 is 0 Å². The predicted molar refractivity (Wildman–Crippen MR) is 89.7 cm³/mol. The molecule has 0 aliphatic carbocycles. The molecule has 1 atom stereocenters. The number of benzene rings is 1. The van der Waals surface area contributed by atoms with Crippen molar-refractivity contribution in [3.63, 3.8) is 0 Å². The molecule has 0 spiro atoms. The van der Waals surface area contributed by atoms with Gasteiger partial charge in [0.25, 0.3) is 0 Å². The van der Waals surface area contributed by atoms with Gasteiger partial charge in [0, 0.05) is 34.8 Å². The molecule has 22 heavy (non-hydrogen) atoms. The van der Waals surface area contributed by atoms with Crippen molar-refractivity contribution in [2.24, 2.45) is 0 Å². The van der Waals surface area contributed by atoms with Gasteiger partial charge in [-0.05, 0) is 51.8 Å². The van der Waals surface area contributed by atoms with Gasteiger partial charge in [0.2, 0.25) is 5.88 Å². The van der Waals surface area contributed by atoms with E-state index in [1.807, 2.05) is 13.0 Å². The van der Waals surface area contributed by atoms with E-state index in [2.05, 4.69) is 42.3 Å². The molecule has 0 amide bonds. The summed E-state index contributed by atoms with van der Waals surface area (Å²) in [4.78, 5) is 4.58. The van der Waals surface area contributed by atoms with Crippen LogP contribution in [0, 0.1) is 6.92 Å². The third-order valence-corrected chi connectivity index (χ3v) is 3.84. The fraction of sp³-hybridized carbons (Fsp3) is 0.500. The maximum Gasteiger partial charge on any atom is 0.221 e. The van der Waals surface area contributed by atoms with Crippen LogP contribution < -0.4 is 10.1 Å². The largest absolute Gasteiger partial charge is 0.474 e. The molecule has 4 heteroatoms. The van der Waals surface area contributed by atoms with Crippen LogP contribution in [0.1, 0.15) is 32.4 Å². The summed E-state index contributed by atoms with van der Waals surface area (Å²) < 4.78 is 11.6. The van der Waals surface area contributed by atoms with Gasteiger partial charge in [-0.1, -0.05) is 6.07 Å². The van der Waals surface area contributed by atoms with Gasteiger partial charge in [-0.2, -0.15) is 0 Å². The van der Waals surface area contributed by atoms with E-state index in [4.69, 9.17) is 9.47 Å². The molecule has 1 N–H and O–H groups in total. The molecule has 4 nitrogen and oxygen atoms in total. The monoisotopic (exact) mass is 300 g/mol. The molecule has 1 aliphatic heterocycles. The number of pyridine rings is 1. The van der Waals surface area contributed by atoms with Crippen molar-refractivity contribution < 1.29 is 9.47 Å². The Morgan fingerprint density at radius 1 is 1.36 bits per heavy atom. The van der Waals surface area contributed by atoms with E-state index in [1.165, 1.54) is 0 Å². The van der Waals surface area contributed by atoms with Crippen LogP contribution in [-0.4, -0.2) is 30.3 Å². The van der Waals surface area contributed by atoms with Crippen molar-refractivity contribution >= 4 is 16.5 Å². The molecule has 0 radical (unpaired) electrons. The van der Waals surface area contributed by atoms with Crippen molar-refractivity contribution in [2.45, 2.75) is 45.8 Å². The van der Waals surface area contributed by atoms with Crippen molar-refractivity contribution in [3.05, 3.63) is 30.0 Å². The molecule has 2 heterocycles. The maximum absolute atomic E-state index is 5.98. The fourth-order valence-electron chi connectivity index (χ4n) is 2.86. The Morgan fingerprint density at radius 3 is 2.95 bits per heavy atom. The molecule has 1 fully saturated rings. The minimum atomic E-state index is 0.203. The zero-order valence-corrected chi connectivity index (χ0v) is 13.6. The Labute approximate surface area is 131 Å². The number of anilines is 1. The van der Waals surface area contributed by atoms with E-state index in [0.29, 0.717) is 18.5 Å². The number of nitrogens with one attached hydrogen (secondary N) is 1. The summed E-state index contributed by atoms with van der Waals surface area (Å²) in [5.41, 5.74) is 2.09. The average molecular weight is 300 g/mol. The minimum Gasteiger partial charge on any atom is -0.474 e. The lowest BCUT2D eigenvalue weighted by molar-refractivity contribution is 0.0669. The van der Waals surface area contributed by atoms with Crippen LogP contribution in [0.4, 0.5) is 5.69 Å². The number of ether oxygens (including phenoxy) is 2. The normalized spacial score (nSPS) is 18.1. The number of hydrogen-bond acceptors (Lipinski definition) is 4. The SMILES string of the molecule is Cc1cc2c(NC(C)C)cccc2c(OCC2CCCO2)n1. The quantitative estimate of drug-likeness (QED) is 0.909. The molecular weight excluding hydrogens is 276 g/mol. The Hall–Kier alpha value is -1.81. The Bertz CT molecular complexity index is 649. The molecule has 3 rings (SSSR count). The number of hydrogen-bond donors (Lipinski definition) is 1. The van der Waals surface area contributed by atoms with Crippen LogP contribution in [0.3, 0.4) is 0 Å². The summed E-state index contributed by atoms with van der Waals surface area (Å²) >= 11 is 0. The summed E-state index contributed by atoms with van der Waals surface area (Å²) in [5, 5.41) is 5.70. The summed E-state index contributed by atoms with van der Waals surface area (Å²) in [7, 11) is 0. The Kier molecular flexibility index (Phi) is 4.48. The zero-order valence-electron chi connectivity index (χ0n) is 13.6. The van der Waals surface area contributed by atoms with Gasteiger partial charge in [0.05, 0.1) is 6.10 Å². The number of nitrogens with zero attached hydrogens (tertiary/aromatic N) is 1. The number of fused-ring (bicyclic) bond motifs is 1. The average Bonchev–Trinajstić information content (AvgIpc) is 2.98. The molecule has 0 bridgehead atoms. The highest BCUT2D eigenvalue weighted by molar-refractivity contribution is 5.97. The molecular formula is C18H24N2O2. The van der Waals surface area contributed by atoms with Gasteiger partial charge in [-0.25, -0.2) is 4.98 Å². The third-order valence-electron chi connectivity index (χ3n) is 3.84. The Morgan fingerprint density at radius 2 is 2.23 bits per heavy atom. The van der Waals surface area contributed by atoms with E-state index in [9.17, 15) is 0 Å². The second-order valence-electron chi connectivity index (χ2n) is 6.21. The molecule has 0 saturated carbocycles.